The van der Waals surface area contributed by atoms with E-state index in [4.69, 9.17) is 11.5 Å². The predicted molar refractivity (Wildman–Crippen MR) is 31.2 cm³/mol. The summed E-state index contributed by atoms with van der Waals surface area (Å²) in [6.45, 7) is 1.19. The smallest absolute Gasteiger partial charge is 1.00 e. The van der Waals surface area contributed by atoms with E-state index in [1.165, 1.54) is 0 Å². The van der Waals surface area contributed by atoms with Crippen LogP contribution < -0.4 is 70.6 Å². The molecule has 5 nitrogen and oxygen atoms in total. The van der Waals surface area contributed by atoms with Gasteiger partial charge in [0.05, 0.1) is 0 Å². The van der Waals surface area contributed by atoms with E-state index in [-0.39, 0.29) is 78.4 Å². The van der Waals surface area contributed by atoms with Gasteiger partial charge in [0.25, 0.3) is 0 Å². The van der Waals surface area contributed by atoms with Crippen LogP contribution in [0.25, 0.3) is 0 Å². The zero-order valence-corrected chi connectivity index (χ0v) is 10.1. The first-order chi connectivity index (χ1) is 1.91. The predicted octanol–water partition coefficient (Wildman–Crippen LogP) is -9.34. The minimum absolute atomic E-state index is 0. The van der Waals surface area contributed by atoms with Gasteiger partial charge in [-0.2, -0.15) is 0 Å². The summed E-state index contributed by atoms with van der Waals surface area (Å²) in [6.07, 6.45) is 0. The number of hydrogen-bond acceptors (Lipinski definition) is 2. The first kappa shape index (κ1) is 45.0. The first-order valence-corrected chi connectivity index (χ1v) is 1.32. The Kier molecular flexibility index (Phi) is 263. The number of nitrogens with two attached hydrogens (primary N) is 2. The van der Waals surface area contributed by atoms with Gasteiger partial charge in [-0.15, -0.1) is 0 Å². The van der Waals surface area contributed by atoms with Gasteiger partial charge >= 0.3 is 59.1 Å². The molecule has 0 bridgehead atoms. The monoisotopic (exact) mass is 162 g/mol. The van der Waals surface area contributed by atoms with Crippen LogP contribution in [0.4, 0.5) is 0 Å². The number of hydrogen-bond donors (Lipinski definition) is 2. The molecule has 0 aromatic rings. The van der Waals surface area contributed by atoms with Crippen molar-refractivity contribution in [2.75, 3.05) is 13.1 Å². The van der Waals surface area contributed by atoms with E-state index in [2.05, 4.69) is 0 Å². The van der Waals surface area contributed by atoms with E-state index in [1.807, 2.05) is 0 Å². The minimum atomic E-state index is 0. The van der Waals surface area contributed by atoms with Crippen LogP contribution in [-0.2, 0) is 0 Å². The van der Waals surface area contributed by atoms with Crippen molar-refractivity contribution in [2.45, 2.75) is 0 Å². The zero-order chi connectivity index (χ0) is 3.41. The molecule has 0 fully saturated rings. The van der Waals surface area contributed by atoms with E-state index in [0.29, 0.717) is 13.1 Å². The first-order valence-electron chi connectivity index (χ1n) is 1.32. The zero-order valence-electron chi connectivity index (χ0n) is 8.07. The Balaban J connectivity index is -0.00000000214. The Morgan fingerprint density at radius 1 is 0.778 bits per heavy atom. The average Bonchev–Trinajstić information content (AvgIpc) is 1.37. The molecule has 0 unspecified atom stereocenters. The molecule has 0 aromatic carbocycles. The van der Waals surface area contributed by atoms with Crippen LogP contribution >= 0.6 is 0 Å². The Hall–Kier alpha value is 1.80. The fourth-order valence-electron chi connectivity index (χ4n) is 0. The third kappa shape index (κ3) is 76.1. The van der Waals surface area contributed by atoms with Gasteiger partial charge in [-0.1, -0.05) is 0 Å². The van der Waals surface area contributed by atoms with Gasteiger partial charge in [0, 0.05) is 13.1 Å². The largest absolute Gasteiger partial charge is 1.00 e. The molecule has 0 amide bonds. The van der Waals surface area contributed by atoms with Crippen molar-refractivity contribution in [1.82, 2.24) is 0 Å². The summed E-state index contributed by atoms with van der Waals surface area (Å²) < 4.78 is 0. The fourth-order valence-corrected chi connectivity index (χ4v) is 0. The molecule has 0 radical (unpaired) electrons. The molecule has 9 heavy (non-hydrogen) atoms. The van der Waals surface area contributed by atoms with Gasteiger partial charge in [0.2, 0.25) is 0 Å². The van der Waals surface area contributed by atoms with Crippen LogP contribution in [0.5, 0.6) is 0 Å². The van der Waals surface area contributed by atoms with Crippen LogP contribution in [0.3, 0.4) is 0 Å². The summed E-state index contributed by atoms with van der Waals surface area (Å²) in [5, 5.41) is 0. The van der Waals surface area contributed by atoms with Crippen molar-refractivity contribution in [1.29, 1.82) is 0 Å². The van der Waals surface area contributed by atoms with Crippen molar-refractivity contribution in [3.05, 3.63) is 0 Å². The maximum absolute atomic E-state index is 4.90. The van der Waals surface area contributed by atoms with Gasteiger partial charge < -0.3 is 30.7 Å². The van der Waals surface area contributed by atoms with Crippen LogP contribution in [0, 0.1) is 0 Å². The Bertz CT molecular complexity index is 27.3. The van der Waals surface area contributed by atoms with Crippen LogP contribution in [0.15, 0.2) is 0 Å². The quantitative estimate of drug-likeness (QED) is 0.368. The maximum Gasteiger partial charge on any atom is 1.00 e. The second kappa shape index (κ2) is 52.6. The molecule has 0 rings (SSSR count). The van der Waals surface area contributed by atoms with Crippen LogP contribution in [0.1, 0.15) is 2.85 Å². The van der Waals surface area contributed by atoms with Gasteiger partial charge in [0.15, 0.2) is 0 Å². The molecule has 10 N–H and O–H groups in total. The molecule has 0 aliphatic rings. The van der Waals surface area contributed by atoms with Crippen molar-refractivity contribution in [2.24, 2.45) is 11.5 Å². The van der Waals surface area contributed by atoms with E-state index in [1.54, 1.807) is 0 Å². The summed E-state index contributed by atoms with van der Waals surface area (Å²) in [7, 11) is 0. The molecule has 0 saturated carbocycles. The summed E-state index contributed by atoms with van der Waals surface area (Å²) in [5.74, 6) is 0. The topological polar surface area (TPSA) is 147 Å². The van der Waals surface area contributed by atoms with Crippen LogP contribution in [0.2, 0.25) is 0 Å². The minimum Gasteiger partial charge on any atom is -1.00 e. The van der Waals surface area contributed by atoms with E-state index < -0.39 is 0 Å². The second-order valence-electron chi connectivity index (χ2n) is 0.577. The van der Waals surface area contributed by atoms with E-state index >= 15 is 0 Å². The standard InChI is InChI=1S/C2H8N2.2Na.3H2O.2H/c3-1-2-4;;;;;;;/h1-4H2;;;3*1H2;;/q;2*+1;;;;2*-1. The average molecular weight is 162 g/mol. The van der Waals surface area contributed by atoms with E-state index in [9.17, 15) is 0 Å². The van der Waals surface area contributed by atoms with Gasteiger partial charge in [0.1, 0.15) is 0 Å². The summed E-state index contributed by atoms with van der Waals surface area (Å²) in [6, 6.07) is 0. The Morgan fingerprint density at radius 3 is 0.889 bits per heavy atom. The van der Waals surface area contributed by atoms with Gasteiger partial charge in [-0.05, 0) is 0 Å². The molecule has 7 heteroatoms. The van der Waals surface area contributed by atoms with Crippen LogP contribution in [-0.4, -0.2) is 29.5 Å². The summed E-state index contributed by atoms with van der Waals surface area (Å²) in [5.41, 5.74) is 9.81. The Labute approximate surface area is 102 Å². The molecule has 0 aromatic heterocycles. The van der Waals surface area contributed by atoms with Crippen molar-refractivity contribution >= 4 is 0 Å². The SMILES string of the molecule is NCCN.O.O.O.[H-].[H-].[Na+].[Na+]. The number of rotatable bonds is 1. The van der Waals surface area contributed by atoms with Gasteiger partial charge in [-0.25, -0.2) is 0 Å². The normalized spacial score (nSPS) is 3.33. The molecular weight excluding hydrogens is 146 g/mol. The third-order valence-corrected chi connectivity index (χ3v) is 0.167. The van der Waals surface area contributed by atoms with E-state index in [0.717, 1.165) is 0 Å². The second-order valence-corrected chi connectivity index (χ2v) is 0.577. The molecule has 0 atom stereocenters. The van der Waals surface area contributed by atoms with Gasteiger partial charge in [-0.3, -0.25) is 0 Å². The van der Waals surface area contributed by atoms with Crippen molar-refractivity contribution in [3.8, 4) is 0 Å². The van der Waals surface area contributed by atoms with Crippen molar-refractivity contribution in [3.63, 3.8) is 0 Å². The molecular formula is C2H16N2Na2O3. The molecule has 0 aliphatic heterocycles. The van der Waals surface area contributed by atoms with Crippen molar-refractivity contribution < 1.29 is 78.4 Å². The Morgan fingerprint density at radius 2 is 0.889 bits per heavy atom. The third-order valence-electron chi connectivity index (χ3n) is 0.167. The maximum atomic E-state index is 4.90. The molecule has 0 aliphatic carbocycles. The summed E-state index contributed by atoms with van der Waals surface area (Å²) >= 11 is 0. The molecule has 54 valence electrons. The summed E-state index contributed by atoms with van der Waals surface area (Å²) in [4.78, 5) is 0. The molecule has 0 saturated heterocycles. The fraction of sp³-hybridized carbons (Fsp3) is 1.00. The molecule has 0 heterocycles. The molecule has 0 spiro atoms.